The van der Waals surface area contributed by atoms with Crippen LogP contribution >= 0.6 is 24.0 Å². The van der Waals surface area contributed by atoms with Gasteiger partial charge in [0.1, 0.15) is 5.75 Å². The molecule has 32 heavy (non-hydrogen) atoms. The molecule has 1 aromatic rings. The van der Waals surface area contributed by atoms with E-state index in [9.17, 15) is 0 Å². The van der Waals surface area contributed by atoms with Crippen molar-refractivity contribution in [1.82, 2.24) is 20.4 Å². The number of nitrogens with one attached hydrogen (secondary N) is 2. The van der Waals surface area contributed by atoms with Crippen LogP contribution in [0.25, 0.3) is 0 Å². The Kier molecular flexibility index (Phi) is 12.7. The van der Waals surface area contributed by atoms with Crippen molar-refractivity contribution in [2.24, 2.45) is 4.99 Å². The molecule has 0 radical (unpaired) electrons. The van der Waals surface area contributed by atoms with Crippen LogP contribution in [0.2, 0.25) is 0 Å². The maximum Gasteiger partial charge on any atom is 0.191 e. The maximum absolute atomic E-state index is 6.33. The lowest BCUT2D eigenvalue weighted by molar-refractivity contribution is 0.136. The zero-order valence-corrected chi connectivity index (χ0v) is 22.7. The monoisotopic (exact) mass is 557 g/mol. The number of rotatable bonds is 10. The molecule has 0 bridgehead atoms. The predicted molar refractivity (Wildman–Crippen MR) is 145 cm³/mol. The molecule has 1 heterocycles. The van der Waals surface area contributed by atoms with Crippen LogP contribution in [0.4, 0.5) is 0 Å². The van der Waals surface area contributed by atoms with Crippen molar-refractivity contribution >= 4 is 29.9 Å². The number of aliphatic imine (C=N–C) groups is 1. The predicted octanol–water partition coefficient (Wildman–Crippen LogP) is 4.02. The summed E-state index contributed by atoms with van der Waals surface area (Å²) in [5, 5.41) is 6.93. The van der Waals surface area contributed by atoms with Crippen LogP contribution in [-0.2, 0) is 6.54 Å². The number of unbranched alkanes of at least 4 members (excludes halogenated alkanes) is 1. The number of halogens is 1. The van der Waals surface area contributed by atoms with Gasteiger partial charge < -0.3 is 25.2 Å². The number of hydrogen-bond acceptors (Lipinski definition) is 4. The van der Waals surface area contributed by atoms with Crippen LogP contribution in [0.15, 0.2) is 23.2 Å². The second-order valence-electron chi connectivity index (χ2n) is 8.97. The summed E-state index contributed by atoms with van der Waals surface area (Å²) >= 11 is 0. The molecule has 1 aromatic carbocycles. The minimum Gasteiger partial charge on any atom is -0.490 e. The van der Waals surface area contributed by atoms with Crippen molar-refractivity contribution in [2.75, 3.05) is 52.9 Å². The van der Waals surface area contributed by atoms with Gasteiger partial charge in [0.05, 0.1) is 6.10 Å². The Morgan fingerprint density at radius 2 is 1.78 bits per heavy atom. The van der Waals surface area contributed by atoms with Gasteiger partial charge >= 0.3 is 0 Å². The lowest BCUT2D eigenvalue weighted by Gasteiger charge is -2.34. The Labute approximate surface area is 212 Å². The Morgan fingerprint density at radius 3 is 2.47 bits per heavy atom. The molecular weight excluding hydrogens is 513 g/mol. The third-order valence-corrected chi connectivity index (χ3v) is 6.59. The molecule has 6 nitrogen and oxygen atoms in total. The van der Waals surface area contributed by atoms with Gasteiger partial charge in [-0.25, -0.2) is 0 Å². The van der Waals surface area contributed by atoms with Crippen molar-refractivity contribution in [3.8, 4) is 5.75 Å². The minimum atomic E-state index is 0. The highest BCUT2D eigenvalue weighted by Gasteiger charge is 2.18. The van der Waals surface area contributed by atoms with Crippen molar-refractivity contribution in [3.05, 3.63) is 29.3 Å². The highest BCUT2D eigenvalue weighted by molar-refractivity contribution is 14.0. The molecule has 0 spiro atoms. The van der Waals surface area contributed by atoms with Crippen LogP contribution in [-0.4, -0.2) is 74.7 Å². The van der Waals surface area contributed by atoms with Gasteiger partial charge in [0, 0.05) is 51.9 Å². The highest BCUT2D eigenvalue weighted by Crippen LogP contribution is 2.27. The zero-order chi connectivity index (χ0) is 21.9. The van der Waals surface area contributed by atoms with E-state index in [2.05, 4.69) is 57.5 Å². The van der Waals surface area contributed by atoms with E-state index in [4.69, 9.17) is 4.74 Å². The Morgan fingerprint density at radius 1 is 1.06 bits per heavy atom. The fourth-order valence-electron chi connectivity index (χ4n) is 4.50. The molecule has 0 atom stereocenters. The van der Waals surface area contributed by atoms with Crippen LogP contribution in [0, 0.1) is 6.92 Å². The molecular formula is C25H44IN5O. The average Bonchev–Trinajstić information content (AvgIpc) is 3.30. The molecule has 2 N–H and O–H groups in total. The first-order valence-electron chi connectivity index (χ1n) is 12.3. The van der Waals surface area contributed by atoms with E-state index in [0.717, 1.165) is 31.2 Å². The first-order chi connectivity index (χ1) is 15.2. The summed E-state index contributed by atoms with van der Waals surface area (Å²) in [4.78, 5) is 9.53. The van der Waals surface area contributed by atoms with Crippen molar-refractivity contribution < 1.29 is 4.74 Å². The van der Waals surface area contributed by atoms with Gasteiger partial charge in [0.2, 0.25) is 0 Å². The van der Waals surface area contributed by atoms with Crippen molar-refractivity contribution in [1.29, 1.82) is 0 Å². The quantitative estimate of drug-likeness (QED) is 0.197. The fourth-order valence-corrected chi connectivity index (χ4v) is 4.50. The lowest BCUT2D eigenvalue weighted by atomic mass is 10.1. The summed E-state index contributed by atoms with van der Waals surface area (Å²) in [6.45, 7) is 13.3. The highest BCUT2D eigenvalue weighted by atomic mass is 127. The Balaban J connectivity index is 0.00000363. The third kappa shape index (κ3) is 9.06. The van der Waals surface area contributed by atoms with E-state index in [-0.39, 0.29) is 24.0 Å². The SMILES string of the molecule is CCN1CCN(CCCCNC(=NC)NCc2ccc(C)cc2OC2CCCC2)CC1.I. The largest absolute Gasteiger partial charge is 0.490 e. The fraction of sp³-hybridized carbons (Fsp3) is 0.720. The smallest absolute Gasteiger partial charge is 0.191 e. The summed E-state index contributed by atoms with van der Waals surface area (Å²) in [5.74, 6) is 1.89. The van der Waals surface area contributed by atoms with Crippen LogP contribution in [0.1, 0.15) is 56.6 Å². The summed E-state index contributed by atoms with van der Waals surface area (Å²) in [6, 6.07) is 6.51. The maximum atomic E-state index is 6.33. The van der Waals surface area contributed by atoms with Gasteiger partial charge in [-0.05, 0) is 70.2 Å². The van der Waals surface area contributed by atoms with E-state index in [1.54, 1.807) is 0 Å². The molecule has 1 saturated carbocycles. The van der Waals surface area contributed by atoms with Crippen LogP contribution in [0.5, 0.6) is 5.75 Å². The van der Waals surface area contributed by atoms with Gasteiger partial charge in [0.15, 0.2) is 5.96 Å². The van der Waals surface area contributed by atoms with E-state index in [0.29, 0.717) is 6.10 Å². The molecule has 2 fully saturated rings. The summed E-state index contributed by atoms with van der Waals surface area (Å²) in [5.41, 5.74) is 2.45. The third-order valence-electron chi connectivity index (χ3n) is 6.59. The number of nitrogens with zero attached hydrogens (tertiary/aromatic N) is 3. The summed E-state index contributed by atoms with van der Waals surface area (Å²) in [6.07, 6.45) is 7.70. The van der Waals surface area contributed by atoms with E-state index < -0.39 is 0 Å². The second kappa shape index (κ2) is 15.0. The number of benzene rings is 1. The van der Waals surface area contributed by atoms with Gasteiger partial charge in [-0.1, -0.05) is 19.1 Å². The summed E-state index contributed by atoms with van der Waals surface area (Å²) in [7, 11) is 1.84. The van der Waals surface area contributed by atoms with Crippen molar-refractivity contribution in [2.45, 2.75) is 65.0 Å². The molecule has 1 aliphatic heterocycles. The molecule has 7 heteroatoms. The molecule has 1 saturated heterocycles. The first kappa shape index (κ1) is 27.2. The van der Waals surface area contributed by atoms with Crippen LogP contribution < -0.4 is 15.4 Å². The number of likely N-dealkylation sites (N-methyl/N-ethyl adjacent to an activating group) is 1. The summed E-state index contributed by atoms with van der Waals surface area (Å²) < 4.78 is 6.33. The standard InChI is InChI=1S/C25H43N5O.HI/c1-4-29-15-17-30(18-16-29)14-8-7-13-27-25(26-3)28-20-22-12-11-21(2)19-24(22)31-23-9-5-6-10-23;/h11-12,19,23H,4-10,13-18,20H2,1-3H3,(H2,26,27,28);1H. The Hall–Kier alpha value is -1.06. The minimum absolute atomic E-state index is 0. The number of guanidine groups is 1. The number of piperazine rings is 1. The van der Waals surface area contributed by atoms with Gasteiger partial charge in [-0.2, -0.15) is 0 Å². The van der Waals surface area contributed by atoms with E-state index in [1.165, 1.54) is 82.5 Å². The molecule has 3 rings (SSSR count). The molecule has 0 aromatic heterocycles. The zero-order valence-electron chi connectivity index (χ0n) is 20.4. The topological polar surface area (TPSA) is 52.1 Å². The molecule has 182 valence electrons. The second-order valence-corrected chi connectivity index (χ2v) is 8.97. The number of ether oxygens (including phenoxy) is 1. The van der Waals surface area contributed by atoms with Gasteiger partial charge in [-0.3, -0.25) is 4.99 Å². The van der Waals surface area contributed by atoms with Gasteiger partial charge in [0.25, 0.3) is 0 Å². The molecule has 2 aliphatic rings. The van der Waals surface area contributed by atoms with E-state index in [1.807, 2.05) is 7.05 Å². The number of aryl methyl sites for hydroxylation is 1. The normalized spacial score (nSPS) is 18.4. The molecule has 0 unspecified atom stereocenters. The molecule has 0 amide bonds. The number of hydrogen-bond donors (Lipinski definition) is 2. The van der Waals surface area contributed by atoms with Crippen LogP contribution in [0.3, 0.4) is 0 Å². The van der Waals surface area contributed by atoms with Crippen molar-refractivity contribution in [3.63, 3.8) is 0 Å². The first-order valence-corrected chi connectivity index (χ1v) is 12.3. The van der Waals surface area contributed by atoms with Gasteiger partial charge in [-0.15, -0.1) is 24.0 Å². The lowest BCUT2D eigenvalue weighted by Crippen LogP contribution is -2.46. The Bertz CT molecular complexity index is 685. The van der Waals surface area contributed by atoms with E-state index >= 15 is 0 Å². The average molecular weight is 558 g/mol. The molecule has 1 aliphatic carbocycles.